The number of carbonyl (C=O) groups is 1. The number of furan rings is 1. The van der Waals surface area contributed by atoms with E-state index in [2.05, 4.69) is 27.6 Å². The van der Waals surface area contributed by atoms with Crippen LogP contribution in [-0.4, -0.2) is 26.4 Å². The van der Waals surface area contributed by atoms with Crippen molar-refractivity contribution in [3.8, 4) is 11.6 Å². The number of benzene rings is 1. The summed E-state index contributed by atoms with van der Waals surface area (Å²) in [6, 6.07) is 9.87. The van der Waals surface area contributed by atoms with Crippen LogP contribution in [-0.2, 0) is 24.2 Å². The fourth-order valence-electron chi connectivity index (χ4n) is 3.25. The Bertz CT molecular complexity index is 918. The SMILES string of the molecule is CCn1c(SCC(=O)Nc2ccc3c(c2)CCC3)nnc1-c1ccco1. The average Bonchev–Trinajstić information content (AvgIpc) is 3.38. The van der Waals surface area contributed by atoms with Gasteiger partial charge in [-0.1, -0.05) is 17.8 Å². The molecule has 1 aliphatic rings. The van der Waals surface area contributed by atoms with Gasteiger partial charge in [0.05, 0.1) is 12.0 Å². The highest BCUT2D eigenvalue weighted by Gasteiger charge is 2.17. The van der Waals surface area contributed by atoms with Gasteiger partial charge in [0.1, 0.15) is 0 Å². The van der Waals surface area contributed by atoms with E-state index in [0.717, 1.165) is 18.5 Å². The van der Waals surface area contributed by atoms with Crippen LogP contribution in [0.25, 0.3) is 11.6 Å². The maximum Gasteiger partial charge on any atom is 0.234 e. The molecule has 134 valence electrons. The van der Waals surface area contributed by atoms with E-state index in [0.29, 0.717) is 23.3 Å². The van der Waals surface area contributed by atoms with E-state index in [1.807, 2.05) is 29.7 Å². The number of carbonyl (C=O) groups excluding carboxylic acids is 1. The molecule has 2 heterocycles. The number of aromatic nitrogens is 3. The molecular weight excluding hydrogens is 348 g/mol. The molecule has 0 fully saturated rings. The van der Waals surface area contributed by atoms with E-state index in [9.17, 15) is 4.79 Å². The lowest BCUT2D eigenvalue weighted by atomic mass is 10.1. The van der Waals surface area contributed by atoms with Gasteiger partial charge in [-0.2, -0.15) is 0 Å². The normalized spacial score (nSPS) is 13.0. The third-order valence-electron chi connectivity index (χ3n) is 4.49. The number of nitrogens with one attached hydrogen (secondary N) is 1. The number of hydrogen-bond acceptors (Lipinski definition) is 5. The van der Waals surface area contributed by atoms with Crippen LogP contribution in [0.3, 0.4) is 0 Å². The summed E-state index contributed by atoms with van der Waals surface area (Å²) in [5, 5.41) is 12.1. The Balaban J connectivity index is 1.40. The van der Waals surface area contributed by atoms with E-state index in [-0.39, 0.29) is 11.7 Å². The molecule has 1 aromatic carbocycles. The largest absolute Gasteiger partial charge is 0.461 e. The van der Waals surface area contributed by atoms with Gasteiger partial charge in [0.15, 0.2) is 16.7 Å². The third kappa shape index (κ3) is 3.39. The summed E-state index contributed by atoms with van der Waals surface area (Å²) in [4.78, 5) is 12.3. The quantitative estimate of drug-likeness (QED) is 0.671. The van der Waals surface area contributed by atoms with E-state index in [4.69, 9.17) is 4.42 Å². The first-order valence-electron chi connectivity index (χ1n) is 8.76. The molecule has 0 spiro atoms. The second-order valence-corrected chi connectivity index (χ2v) is 7.14. The van der Waals surface area contributed by atoms with Crippen LogP contribution in [0.2, 0.25) is 0 Å². The second kappa shape index (κ2) is 7.37. The molecule has 1 N–H and O–H groups in total. The van der Waals surface area contributed by atoms with Crippen molar-refractivity contribution < 1.29 is 9.21 Å². The maximum atomic E-state index is 12.3. The van der Waals surface area contributed by atoms with Crippen molar-refractivity contribution in [3.05, 3.63) is 47.7 Å². The maximum absolute atomic E-state index is 12.3. The minimum atomic E-state index is -0.0434. The van der Waals surface area contributed by atoms with Gasteiger partial charge in [0.2, 0.25) is 5.91 Å². The minimum absolute atomic E-state index is 0.0434. The Morgan fingerprint density at radius 1 is 1.27 bits per heavy atom. The average molecular weight is 368 g/mol. The summed E-state index contributed by atoms with van der Waals surface area (Å²) in [6.45, 7) is 2.72. The lowest BCUT2D eigenvalue weighted by Crippen LogP contribution is -2.14. The predicted octanol–water partition coefficient (Wildman–Crippen LogP) is 3.78. The first-order chi connectivity index (χ1) is 12.7. The number of rotatable bonds is 6. The minimum Gasteiger partial charge on any atom is -0.461 e. The number of thioether (sulfide) groups is 1. The monoisotopic (exact) mass is 368 g/mol. The fraction of sp³-hybridized carbons (Fsp3) is 0.316. The molecule has 0 unspecified atom stereocenters. The molecule has 6 nitrogen and oxygen atoms in total. The molecule has 0 saturated carbocycles. The Morgan fingerprint density at radius 3 is 2.96 bits per heavy atom. The van der Waals surface area contributed by atoms with Crippen LogP contribution in [0.5, 0.6) is 0 Å². The number of hydrogen-bond donors (Lipinski definition) is 1. The highest BCUT2D eigenvalue weighted by atomic mass is 32.2. The van der Waals surface area contributed by atoms with E-state index in [1.165, 1.54) is 29.3 Å². The van der Waals surface area contributed by atoms with Gasteiger partial charge in [-0.25, -0.2) is 0 Å². The zero-order chi connectivity index (χ0) is 17.9. The number of aryl methyl sites for hydroxylation is 2. The van der Waals surface area contributed by atoms with Crippen LogP contribution in [0.4, 0.5) is 5.69 Å². The topological polar surface area (TPSA) is 73.0 Å². The van der Waals surface area contributed by atoms with Gasteiger partial charge in [-0.15, -0.1) is 10.2 Å². The number of amides is 1. The summed E-state index contributed by atoms with van der Waals surface area (Å²) in [6.07, 6.45) is 5.06. The molecule has 2 aromatic heterocycles. The van der Waals surface area contributed by atoms with Crippen molar-refractivity contribution in [1.29, 1.82) is 0 Å². The highest BCUT2D eigenvalue weighted by Crippen LogP contribution is 2.26. The Hall–Kier alpha value is -2.54. The summed E-state index contributed by atoms with van der Waals surface area (Å²) in [5.41, 5.74) is 3.62. The van der Waals surface area contributed by atoms with Gasteiger partial charge < -0.3 is 9.73 Å². The molecule has 3 aromatic rings. The second-order valence-electron chi connectivity index (χ2n) is 6.20. The van der Waals surface area contributed by atoms with Crippen LogP contribution >= 0.6 is 11.8 Å². The Kier molecular flexibility index (Phi) is 4.79. The van der Waals surface area contributed by atoms with Crippen LogP contribution in [0, 0.1) is 0 Å². The molecule has 0 atom stereocenters. The van der Waals surface area contributed by atoms with Gasteiger partial charge in [0, 0.05) is 12.2 Å². The molecule has 0 bridgehead atoms. The zero-order valence-electron chi connectivity index (χ0n) is 14.6. The summed E-state index contributed by atoms with van der Waals surface area (Å²) >= 11 is 1.38. The van der Waals surface area contributed by atoms with Crippen molar-refractivity contribution in [1.82, 2.24) is 14.8 Å². The fourth-order valence-corrected chi connectivity index (χ4v) is 4.05. The summed E-state index contributed by atoms with van der Waals surface area (Å²) in [5.74, 6) is 1.60. The first-order valence-corrected chi connectivity index (χ1v) is 9.74. The van der Waals surface area contributed by atoms with Crippen LogP contribution in [0.1, 0.15) is 24.5 Å². The lowest BCUT2D eigenvalue weighted by Gasteiger charge is -2.08. The summed E-state index contributed by atoms with van der Waals surface area (Å²) in [7, 11) is 0. The smallest absolute Gasteiger partial charge is 0.234 e. The standard InChI is InChI=1S/C19H20N4O2S/c1-2-23-18(16-7-4-10-25-16)21-22-19(23)26-12-17(24)20-15-9-8-13-5-3-6-14(13)11-15/h4,7-11H,2-3,5-6,12H2,1H3,(H,20,24). The lowest BCUT2D eigenvalue weighted by molar-refractivity contribution is -0.113. The number of fused-ring (bicyclic) bond motifs is 1. The van der Waals surface area contributed by atoms with Gasteiger partial charge in [-0.05, 0) is 61.6 Å². The Labute approximate surface area is 156 Å². The van der Waals surface area contributed by atoms with Crippen molar-refractivity contribution in [3.63, 3.8) is 0 Å². The molecule has 7 heteroatoms. The van der Waals surface area contributed by atoms with Crippen molar-refractivity contribution in [2.24, 2.45) is 0 Å². The molecule has 1 amide bonds. The molecule has 0 radical (unpaired) electrons. The van der Waals surface area contributed by atoms with Crippen molar-refractivity contribution in [2.75, 3.05) is 11.1 Å². The van der Waals surface area contributed by atoms with Crippen molar-refractivity contribution in [2.45, 2.75) is 37.9 Å². The number of nitrogens with zero attached hydrogens (tertiary/aromatic N) is 3. The molecule has 0 aliphatic heterocycles. The van der Waals surface area contributed by atoms with Gasteiger partial charge >= 0.3 is 0 Å². The zero-order valence-corrected chi connectivity index (χ0v) is 15.4. The molecule has 1 aliphatic carbocycles. The Morgan fingerprint density at radius 2 is 2.15 bits per heavy atom. The molecule has 0 saturated heterocycles. The van der Waals surface area contributed by atoms with Gasteiger partial charge in [0.25, 0.3) is 0 Å². The summed E-state index contributed by atoms with van der Waals surface area (Å²) < 4.78 is 7.36. The van der Waals surface area contributed by atoms with Gasteiger partial charge in [-0.3, -0.25) is 9.36 Å². The van der Waals surface area contributed by atoms with Crippen molar-refractivity contribution >= 4 is 23.4 Å². The van der Waals surface area contributed by atoms with Crippen LogP contribution in [0.15, 0.2) is 46.2 Å². The molecule has 26 heavy (non-hydrogen) atoms. The van der Waals surface area contributed by atoms with E-state index < -0.39 is 0 Å². The predicted molar refractivity (Wildman–Crippen MR) is 101 cm³/mol. The van der Waals surface area contributed by atoms with E-state index >= 15 is 0 Å². The molecular formula is C19H20N4O2S. The molecule has 4 rings (SSSR count). The highest BCUT2D eigenvalue weighted by molar-refractivity contribution is 7.99. The third-order valence-corrected chi connectivity index (χ3v) is 5.46. The number of anilines is 1. The van der Waals surface area contributed by atoms with Crippen LogP contribution < -0.4 is 5.32 Å². The van der Waals surface area contributed by atoms with E-state index in [1.54, 1.807) is 6.26 Å². The first kappa shape index (κ1) is 16.9.